The number of aliphatic hydroxyl groups excluding tert-OH is 5. The van der Waals surface area contributed by atoms with Gasteiger partial charge in [-0.3, -0.25) is 4.79 Å². The molecule has 2 saturated heterocycles. The lowest BCUT2D eigenvalue weighted by Crippen LogP contribution is -2.59. The predicted octanol–water partition coefficient (Wildman–Crippen LogP) is 1.67. The minimum atomic E-state index is -1.49. The second-order valence-electron chi connectivity index (χ2n) is 15.3. The average Bonchev–Trinajstić information content (AvgIpc) is 3.41. The Balaban J connectivity index is 1.09. The molecule has 0 aromatic rings. The largest absolute Gasteiger partial charge is 0.394 e. The second kappa shape index (κ2) is 11.4. The Hall–Kier alpha value is -0.950. The maximum absolute atomic E-state index is 14.1. The molecule has 3 saturated carbocycles. The summed E-state index contributed by atoms with van der Waals surface area (Å²) in [5, 5.41) is 61.8. The van der Waals surface area contributed by atoms with E-state index in [1.54, 1.807) is 0 Å². The molecule has 0 amide bonds. The van der Waals surface area contributed by atoms with Crippen molar-refractivity contribution in [2.24, 2.45) is 46.3 Å². The van der Waals surface area contributed by atoms with E-state index >= 15 is 0 Å². The van der Waals surface area contributed by atoms with Crippen LogP contribution in [-0.2, 0) is 19.0 Å². The van der Waals surface area contributed by atoms with E-state index in [9.17, 15) is 35.4 Å². The summed E-state index contributed by atoms with van der Waals surface area (Å²) >= 11 is 0. The Labute approximate surface area is 254 Å². The molecule has 10 nitrogen and oxygen atoms in total. The van der Waals surface area contributed by atoms with Crippen LogP contribution in [0.4, 0.5) is 0 Å². The van der Waals surface area contributed by atoms with E-state index in [4.69, 9.17) is 14.2 Å². The van der Waals surface area contributed by atoms with Crippen LogP contribution in [0.1, 0.15) is 79.1 Å². The third-order valence-corrected chi connectivity index (χ3v) is 13.0. The van der Waals surface area contributed by atoms with Crippen molar-refractivity contribution < 1.29 is 49.6 Å². The number of carbonyl (C=O) groups excluding carboxylic acids is 1. The fraction of sp³-hybridized carbons (Fsp3) is 0.909. The lowest BCUT2D eigenvalue weighted by molar-refractivity contribution is -0.303. The van der Waals surface area contributed by atoms with Gasteiger partial charge in [0, 0.05) is 30.1 Å². The maximum Gasteiger partial charge on any atom is 0.186 e. The van der Waals surface area contributed by atoms with Crippen molar-refractivity contribution in [1.82, 2.24) is 0 Å². The van der Waals surface area contributed by atoms with E-state index in [0.717, 1.165) is 32.1 Å². The quantitative estimate of drug-likeness (QED) is 0.234. The van der Waals surface area contributed by atoms with Crippen molar-refractivity contribution in [3.63, 3.8) is 0 Å². The SMILES string of the molecule is C[C@@H](CC[C@@]1(O)O[C@H]2C[C@@H]3[C@@H]4CC=C5C[C@H](O)CC[C@@]5(C)[C@H]4CC(=O)[C@@]3(C)[C@H]2[C@@H]1C)CO[C@@H]1O[C@H](CO)[C@@H](O)[C@H](O)[C@H]1O. The molecular weight excluding hydrogens is 556 g/mol. The van der Waals surface area contributed by atoms with Gasteiger partial charge in [0.25, 0.3) is 0 Å². The highest BCUT2D eigenvalue weighted by atomic mass is 16.7. The molecule has 0 spiro atoms. The lowest BCUT2D eigenvalue weighted by atomic mass is 9.46. The van der Waals surface area contributed by atoms with Gasteiger partial charge in [0.2, 0.25) is 0 Å². The monoisotopic (exact) mass is 608 g/mol. The Morgan fingerprint density at radius 3 is 2.56 bits per heavy atom. The molecule has 0 radical (unpaired) electrons. The number of fused-ring (bicyclic) bond motifs is 7. The summed E-state index contributed by atoms with van der Waals surface area (Å²) in [4.78, 5) is 14.1. The van der Waals surface area contributed by atoms with Crippen LogP contribution in [0.15, 0.2) is 11.6 Å². The molecule has 10 heteroatoms. The number of hydrogen-bond donors (Lipinski definition) is 6. The fourth-order valence-corrected chi connectivity index (χ4v) is 10.3. The van der Waals surface area contributed by atoms with Crippen LogP contribution in [0, 0.1) is 46.3 Å². The summed E-state index contributed by atoms with van der Waals surface area (Å²) in [7, 11) is 0. The molecule has 43 heavy (non-hydrogen) atoms. The molecule has 5 fully saturated rings. The summed E-state index contributed by atoms with van der Waals surface area (Å²) in [6.07, 6.45) is 0.958. The van der Waals surface area contributed by atoms with E-state index < -0.39 is 48.5 Å². The van der Waals surface area contributed by atoms with Crippen LogP contribution in [0.25, 0.3) is 0 Å². The molecular formula is C33H52O10. The molecule has 6 aliphatic rings. The summed E-state index contributed by atoms with van der Waals surface area (Å²) in [5.41, 5.74) is 0.770. The van der Waals surface area contributed by atoms with Gasteiger partial charge in [-0.15, -0.1) is 0 Å². The predicted molar refractivity (Wildman–Crippen MR) is 154 cm³/mol. The van der Waals surface area contributed by atoms with E-state index in [-0.39, 0.29) is 47.9 Å². The van der Waals surface area contributed by atoms with Gasteiger partial charge < -0.3 is 44.8 Å². The number of Topliss-reactive ketones (excluding diaryl/α,β-unsaturated/α-hetero) is 1. The van der Waals surface area contributed by atoms with Gasteiger partial charge >= 0.3 is 0 Å². The van der Waals surface area contributed by atoms with E-state index in [2.05, 4.69) is 19.9 Å². The Bertz CT molecular complexity index is 1100. The van der Waals surface area contributed by atoms with E-state index in [1.807, 2.05) is 13.8 Å². The molecule has 244 valence electrons. The van der Waals surface area contributed by atoms with Crippen molar-refractivity contribution in [1.29, 1.82) is 0 Å². The summed E-state index contributed by atoms with van der Waals surface area (Å²) < 4.78 is 17.7. The van der Waals surface area contributed by atoms with Crippen molar-refractivity contribution >= 4 is 5.78 Å². The zero-order valence-corrected chi connectivity index (χ0v) is 26.0. The second-order valence-corrected chi connectivity index (χ2v) is 15.3. The average molecular weight is 609 g/mol. The molecule has 0 bridgehead atoms. The van der Waals surface area contributed by atoms with Gasteiger partial charge in [-0.25, -0.2) is 0 Å². The highest BCUT2D eigenvalue weighted by Gasteiger charge is 2.70. The Morgan fingerprint density at radius 1 is 1.09 bits per heavy atom. The van der Waals surface area contributed by atoms with Crippen molar-refractivity contribution in [2.75, 3.05) is 13.2 Å². The van der Waals surface area contributed by atoms with Crippen LogP contribution in [0.5, 0.6) is 0 Å². The van der Waals surface area contributed by atoms with Crippen molar-refractivity contribution in [3.05, 3.63) is 11.6 Å². The van der Waals surface area contributed by atoms with Crippen molar-refractivity contribution in [3.8, 4) is 0 Å². The molecule has 0 aromatic carbocycles. The summed E-state index contributed by atoms with van der Waals surface area (Å²) in [6.45, 7) is 8.08. The minimum absolute atomic E-state index is 0.0299. The number of ketones is 1. The van der Waals surface area contributed by atoms with E-state index in [0.29, 0.717) is 36.9 Å². The first-order chi connectivity index (χ1) is 20.2. The molecule has 0 aromatic heterocycles. The smallest absolute Gasteiger partial charge is 0.186 e. The maximum atomic E-state index is 14.1. The van der Waals surface area contributed by atoms with Gasteiger partial charge in [0.1, 0.15) is 30.2 Å². The standard InChI is InChI=1S/C33H52O10/c1-16(15-41-30-29(39)28(38)27(37)24(14-34)42-30)7-10-33(40)17(2)26-23(43-33)12-22-20-6-5-18-11-19(35)8-9-31(18,3)21(20)13-25(36)32(22,26)4/h5,16-17,19-24,26-30,34-35,37-40H,6-15H2,1-4H3/t16-,17-,19+,20+,21-,22+,23-,24+,26-,27+,28-,29+,30+,31+,32-,33+/m0/s1. The third-order valence-electron chi connectivity index (χ3n) is 13.0. The van der Waals surface area contributed by atoms with Gasteiger partial charge in [0.05, 0.1) is 25.4 Å². The fourth-order valence-electron chi connectivity index (χ4n) is 10.3. The first-order valence-electron chi connectivity index (χ1n) is 16.5. The normalized spacial score (nSPS) is 53.4. The number of rotatable bonds is 7. The third kappa shape index (κ3) is 4.99. The molecule has 16 atom stereocenters. The highest BCUT2D eigenvalue weighted by molar-refractivity contribution is 5.87. The minimum Gasteiger partial charge on any atom is -0.394 e. The van der Waals surface area contributed by atoms with Crippen LogP contribution < -0.4 is 0 Å². The number of aliphatic hydroxyl groups is 6. The number of ether oxygens (including phenoxy) is 3. The zero-order chi connectivity index (χ0) is 31.1. The van der Waals surface area contributed by atoms with Crippen LogP contribution in [0.3, 0.4) is 0 Å². The van der Waals surface area contributed by atoms with Gasteiger partial charge in [-0.05, 0) is 67.6 Å². The van der Waals surface area contributed by atoms with Crippen LogP contribution in [0.2, 0.25) is 0 Å². The topological polar surface area (TPSA) is 166 Å². The molecule has 4 aliphatic carbocycles. The zero-order valence-electron chi connectivity index (χ0n) is 26.0. The van der Waals surface area contributed by atoms with Crippen molar-refractivity contribution in [2.45, 2.75) is 128 Å². The van der Waals surface area contributed by atoms with Crippen LogP contribution in [-0.4, -0.2) is 98.3 Å². The van der Waals surface area contributed by atoms with E-state index in [1.165, 1.54) is 5.57 Å². The van der Waals surface area contributed by atoms with Crippen LogP contribution >= 0.6 is 0 Å². The highest BCUT2D eigenvalue weighted by Crippen LogP contribution is 2.69. The molecule has 2 aliphatic heterocycles. The first-order valence-corrected chi connectivity index (χ1v) is 16.5. The summed E-state index contributed by atoms with van der Waals surface area (Å²) in [6, 6.07) is 0. The molecule has 6 rings (SSSR count). The van der Waals surface area contributed by atoms with Gasteiger partial charge in [0.15, 0.2) is 12.1 Å². The number of carbonyl (C=O) groups is 1. The summed E-state index contributed by atoms with van der Waals surface area (Å²) in [5.74, 6) is -0.461. The lowest BCUT2D eigenvalue weighted by Gasteiger charge is -2.57. The van der Waals surface area contributed by atoms with Gasteiger partial charge in [-0.1, -0.05) is 39.3 Å². The van der Waals surface area contributed by atoms with Gasteiger partial charge in [-0.2, -0.15) is 0 Å². The Kier molecular flexibility index (Phi) is 8.47. The first kappa shape index (κ1) is 32.0. The number of hydrogen-bond acceptors (Lipinski definition) is 10. The Morgan fingerprint density at radius 2 is 1.84 bits per heavy atom. The molecule has 2 heterocycles. The number of allylic oxidation sites excluding steroid dienone is 1. The molecule has 6 N–H and O–H groups in total. The molecule has 0 unspecified atom stereocenters.